The van der Waals surface area contributed by atoms with Crippen LogP contribution in [-0.2, 0) is 19.0 Å². The number of benzene rings is 1. The zero-order valence-corrected chi connectivity index (χ0v) is 14.2. The van der Waals surface area contributed by atoms with Crippen LogP contribution in [0.3, 0.4) is 0 Å². The number of hydrogen-bond donors (Lipinski definition) is 0. The zero-order chi connectivity index (χ0) is 16.7. The summed E-state index contributed by atoms with van der Waals surface area (Å²) in [5.41, 5.74) is 1.17. The van der Waals surface area contributed by atoms with Crippen LogP contribution in [0.5, 0.6) is 0 Å². The first-order valence-electron chi connectivity index (χ1n) is 8.21. The SMILES string of the molecule is CCOC(=O)CC1CC(CC=Cc2ccccc2)OC(C)(C)O1. The normalized spacial score (nSPS) is 23.8. The summed E-state index contributed by atoms with van der Waals surface area (Å²) in [6.07, 6.45) is 5.85. The molecule has 4 heteroatoms. The Morgan fingerprint density at radius 2 is 1.96 bits per heavy atom. The van der Waals surface area contributed by atoms with Crippen LogP contribution >= 0.6 is 0 Å². The van der Waals surface area contributed by atoms with Crippen molar-refractivity contribution in [3.63, 3.8) is 0 Å². The minimum Gasteiger partial charge on any atom is -0.466 e. The molecule has 1 saturated heterocycles. The first kappa shape index (κ1) is 17.7. The fraction of sp³-hybridized carbons (Fsp3) is 0.526. The van der Waals surface area contributed by atoms with Gasteiger partial charge in [0.25, 0.3) is 0 Å². The third-order valence-electron chi connectivity index (χ3n) is 3.64. The Morgan fingerprint density at radius 1 is 1.26 bits per heavy atom. The average Bonchev–Trinajstić information content (AvgIpc) is 2.47. The van der Waals surface area contributed by atoms with E-state index in [-0.39, 0.29) is 24.6 Å². The summed E-state index contributed by atoms with van der Waals surface area (Å²) in [6, 6.07) is 10.2. The quantitative estimate of drug-likeness (QED) is 0.745. The molecule has 2 unspecified atom stereocenters. The number of hydrogen-bond acceptors (Lipinski definition) is 4. The largest absolute Gasteiger partial charge is 0.466 e. The fourth-order valence-electron chi connectivity index (χ4n) is 2.82. The van der Waals surface area contributed by atoms with Crippen molar-refractivity contribution in [2.75, 3.05) is 6.61 Å². The van der Waals surface area contributed by atoms with E-state index in [1.807, 2.05) is 39.0 Å². The minimum absolute atomic E-state index is 0.0399. The monoisotopic (exact) mass is 318 g/mol. The van der Waals surface area contributed by atoms with Crippen LogP contribution in [0.1, 0.15) is 45.6 Å². The number of carbonyl (C=O) groups is 1. The second kappa shape index (κ2) is 8.27. The maximum Gasteiger partial charge on any atom is 0.308 e. The lowest BCUT2D eigenvalue weighted by atomic mass is 10.0. The highest BCUT2D eigenvalue weighted by Gasteiger charge is 2.36. The maximum atomic E-state index is 11.7. The molecule has 2 atom stereocenters. The highest BCUT2D eigenvalue weighted by atomic mass is 16.7. The van der Waals surface area contributed by atoms with Crippen molar-refractivity contribution in [2.24, 2.45) is 0 Å². The predicted octanol–water partition coefficient (Wildman–Crippen LogP) is 3.95. The topological polar surface area (TPSA) is 44.8 Å². The molecule has 1 heterocycles. The highest BCUT2D eigenvalue weighted by Crippen LogP contribution is 2.30. The zero-order valence-electron chi connectivity index (χ0n) is 14.2. The minimum atomic E-state index is -0.680. The van der Waals surface area contributed by atoms with Gasteiger partial charge in [-0.1, -0.05) is 42.5 Å². The Kier molecular flexibility index (Phi) is 6.37. The number of carbonyl (C=O) groups excluding carboxylic acids is 1. The van der Waals surface area contributed by atoms with E-state index >= 15 is 0 Å². The van der Waals surface area contributed by atoms with Gasteiger partial charge in [0.2, 0.25) is 0 Å². The third-order valence-corrected chi connectivity index (χ3v) is 3.64. The van der Waals surface area contributed by atoms with Crippen LogP contribution < -0.4 is 0 Å². The average molecular weight is 318 g/mol. The molecule has 23 heavy (non-hydrogen) atoms. The Labute approximate surface area is 138 Å². The van der Waals surface area contributed by atoms with E-state index in [0.29, 0.717) is 13.0 Å². The van der Waals surface area contributed by atoms with Gasteiger partial charge in [0.05, 0.1) is 25.2 Å². The Balaban J connectivity index is 1.90. The van der Waals surface area contributed by atoms with Crippen LogP contribution in [0.15, 0.2) is 36.4 Å². The van der Waals surface area contributed by atoms with E-state index in [4.69, 9.17) is 14.2 Å². The number of rotatable bonds is 6. The molecule has 0 amide bonds. The summed E-state index contributed by atoms with van der Waals surface area (Å²) >= 11 is 0. The van der Waals surface area contributed by atoms with Crippen molar-refractivity contribution < 1.29 is 19.0 Å². The van der Waals surface area contributed by atoms with E-state index in [1.54, 1.807) is 0 Å². The molecule has 0 aliphatic carbocycles. The van der Waals surface area contributed by atoms with Gasteiger partial charge in [-0.15, -0.1) is 0 Å². The lowest BCUT2D eigenvalue weighted by molar-refractivity contribution is -0.298. The molecule has 126 valence electrons. The van der Waals surface area contributed by atoms with E-state index in [9.17, 15) is 4.79 Å². The molecular weight excluding hydrogens is 292 g/mol. The molecule has 1 fully saturated rings. The van der Waals surface area contributed by atoms with E-state index in [0.717, 1.165) is 6.42 Å². The second-order valence-electron chi connectivity index (χ2n) is 6.17. The van der Waals surface area contributed by atoms with Crippen molar-refractivity contribution >= 4 is 12.0 Å². The maximum absolute atomic E-state index is 11.7. The molecule has 0 radical (unpaired) electrons. The molecule has 1 aliphatic heterocycles. The second-order valence-corrected chi connectivity index (χ2v) is 6.17. The molecule has 0 spiro atoms. The molecule has 0 N–H and O–H groups in total. The smallest absolute Gasteiger partial charge is 0.308 e. The van der Waals surface area contributed by atoms with Crippen LogP contribution in [0.25, 0.3) is 6.08 Å². The summed E-state index contributed by atoms with van der Waals surface area (Å²) in [4.78, 5) is 11.7. The summed E-state index contributed by atoms with van der Waals surface area (Å²) in [6.45, 7) is 5.98. The Morgan fingerprint density at radius 3 is 2.65 bits per heavy atom. The highest BCUT2D eigenvalue weighted by molar-refractivity contribution is 5.69. The van der Waals surface area contributed by atoms with Gasteiger partial charge in [-0.25, -0.2) is 0 Å². The first-order valence-corrected chi connectivity index (χ1v) is 8.21. The van der Waals surface area contributed by atoms with E-state index < -0.39 is 5.79 Å². The van der Waals surface area contributed by atoms with E-state index in [1.165, 1.54) is 5.56 Å². The summed E-state index contributed by atoms with van der Waals surface area (Å²) in [5.74, 6) is -0.894. The summed E-state index contributed by atoms with van der Waals surface area (Å²) in [5, 5.41) is 0. The lowest BCUT2D eigenvalue weighted by Crippen LogP contribution is -2.45. The Bertz CT molecular complexity index is 521. The third kappa shape index (κ3) is 6.16. The van der Waals surface area contributed by atoms with Crippen molar-refractivity contribution in [2.45, 2.75) is 58.0 Å². The van der Waals surface area contributed by atoms with Crippen LogP contribution in [-0.4, -0.2) is 30.6 Å². The summed E-state index contributed by atoms with van der Waals surface area (Å²) in [7, 11) is 0. The Hall–Kier alpha value is -1.65. The molecule has 1 aromatic rings. The molecule has 4 nitrogen and oxygen atoms in total. The molecule has 0 saturated carbocycles. The number of esters is 1. The first-order chi connectivity index (χ1) is 11.0. The van der Waals surface area contributed by atoms with Gasteiger partial charge >= 0.3 is 5.97 Å². The molecule has 0 bridgehead atoms. The molecule has 1 aliphatic rings. The van der Waals surface area contributed by atoms with Gasteiger partial charge in [-0.3, -0.25) is 4.79 Å². The van der Waals surface area contributed by atoms with Crippen molar-refractivity contribution in [3.05, 3.63) is 42.0 Å². The van der Waals surface area contributed by atoms with Crippen LogP contribution in [0, 0.1) is 0 Å². The molecule has 0 aromatic heterocycles. The van der Waals surface area contributed by atoms with Crippen molar-refractivity contribution in [1.29, 1.82) is 0 Å². The van der Waals surface area contributed by atoms with Gasteiger partial charge in [0.1, 0.15) is 0 Å². The fourth-order valence-corrected chi connectivity index (χ4v) is 2.82. The van der Waals surface area contributed by atoms with Gasteiger partial charge in [0.15, 0.2) is 5.79 Å². The van der Waals surface area contributed by atoms with Gasteiger partial charge < -0.3 is 14.2 Å². The lowest BCUT2D eigenvalue weighted by Gasteiger charge is -2.40. The summed E-state index contributed by atoms with van der Waals surface area (Å²) < 4.78 is 16.8. The van der Waals surface area contributed by atoms with Crippen molar-refractivity contribution in [3.8, 4) is 0 Å². The molecule has 2 rings (SSSR count). The number of ether oxygens (including phenoxy) is 3. The van der Waals surface area contributed by atoms with Crippen LogP contribution in [0.2, 0.25) is 0 Å². The van der Waals surface area contributed by atoms with E-state index in [2.05, 4.69) is 24.3 Å². The van der Waals surface area contributed by atoms with Gasteiger partial charge in [-0.2, -0.15) is 0 Å². The van der Waals surface area contributed by atoms with Crippen molar-refractivity contribution in [1.82, 2.24) is 0 Å². The van der Waals surface area contributed by atoms with Crippen LogP contribution in [0.4, 0.5) is 0 Å². The molecule has 1 aromatic carbocycles. The van der Waals surface area contributed by atoms with Gasteiger partial charge in [-0.05, 0) is 32.8 Å². The molecular formula is C19H26O4. The van der Waals surface area contributed by atoms with Gasteiger partial charge in [0, 0.05) is 6.42 Å². The predicted molar refractivity (Wildman–Crippen MR) is 89.8 cm³/mol. The standard InChI is InChI=1S/C19H26O4/c1-4-21-18(20)14-17-13-16(22-19(2,3)23-17)12-8-11-15-9-6-5-7-10-15/h5-11,16-17H,4,12-14H2,1-3H3.